The molecule has 0 bridgehead atoms. The van der Waals surface area contributed by atoms with E-state index in [1.165, 1.54) is 20.9 Å². The first-order valence-electron chi connectivity index (χ1n) is 27.6. The van der Waals surface area contributed by atoms with Crippen LogP contribution in [0.2, 0.25) is 36.3 Å². The fourth-order valence-electron chi connectivity index (χ4n) is 11.0. The van der Waals surface area contributed by atoms with Gasteiger partial charge in [-0.05, 0) is 121 Å². The minimum absolute atomic E-state index is 0.0214. The van der Waals surface area contributed by atoms with Crippen molar-refractivity contribution in [3.63, 3.8) is 0 Å². The number of ether oxygens (including phenoxy) is 2. The lowest BCUT2D eigenvalue weighted by Crippen LogP contribution is -2.49. The highest BCUT2D eigenvalue weighted by molar-refractivity contribution is 6.74. The first-order valence-corrected chi connectivity index (χ1v) is 33.4. The molecule has 12 nitrogen and oxygen atoms in total. The summed E-state index contributed by atoms with van der Waals surface area (Å²) in [7, 11) is -4.45. The average molecular weight is 1070 g/mol. The van der Waals surface area contributed by atoms with Gasteiger partial charge in [-0.25, -0.2) is 0 Å². The van der Waals surface area contributed by atoms with Crippen molar-refractivity contribution < 1.29 is 47.4 Å². The van der Waals surface area contributed by atoms with E-state index in [1.54, 1.807) is 48.5 Å². The first-order chi connectivity index (χ1) is 35.8. The second kappa shape index (κ2) is 24.4. The van der Waals surface area contributed by atoms with Gasteiger partial charge in [0, 0.05) is 12.8 Å². The van der Waals surface area contributed by atoms with Crippen molar-refractivity contribution >= 4 is 46.5 Å². The standard InChI is InChI=1S/C31H43NO5Si.C31H41NO5Si/c2*1-21-24(17-16-22-12-8-7-9-13-22)28(20-33)36-27(21)18-23(37-38(5,6)31(2,3)4)19-32-29(34)25-14-10-11-15-26(25)30(32)35/h7-15,21,23-24,27-28,33H,16-20H2,1-6H3;7-15,20-21,23-24,27-28H,16-19H2,1-6H3/t2*21-,23?,24?,27-,28+/m11/s1. The molecule has 4 unspecified atom stereocenters. The summed E-state index contributed by atoms with van der Waals surface area (Å²) in [5.41, 5.74) is 4.32. The number of hydrogen-bond acceptors (Lipinski definition) is 10. The third-order valence-electron chi connectivity index (χ3n) is 17.7. The largest absolute Gasteiger partial charge is 0.412 e. The highest BCUT2D eigenvalue weighted by atomic mass is 28.4. The average Bonchev–Trinajstić information content (AvgIpc) is 4.02. The van der Waals surface area contributed by atoms with Crippen molar-refractivity contribution in [1.82, 2.24) is 9.80 Å². The minimum Gasteiger partial charge on any atom is -0.412 e. The Morgan fingerprint density at radius 2 is 0.882 bits per heavy atom. The van der Waals surface area contributed by atoms with E-state index in [0.717, 1.165) is 32.0 Å². The van der Waals surface area contributed by atoms with Gasteiger partial charge in [-0.1, -0.05) is 140 Å². The number of aldehydes is 1. The molecule has 4 aliphatic heterocycles. The molecule has 0 aliphatic carbocycles. The van der Waals surface area contributed by atoms with Gasteiger partial charge in [-0.3, -0.25) is 29.0 Å². The Labute approximate surface area is 454 Å². The number of hydrogen-bond donors (Lipinski definition) is 1. The van der Waals surface area contributed by atoms with E-state index in [1.807, 2.05) is 24.3 Å². The van der Waals surface area contributed by atoms with Crippen LogP contribution < -0.4 is 0 Å². The summed E-state index contributed by atoms with van der Waals surface area (Å²) in [6, 6.07) is 34.7. The fraction of sp³-hybridized carbons (Fsp3) is 0.532. The second-order valence-corrected chi connectivity index (χ2v) is 34.3. The monoisotopic (exact) mass is 1070 g/mol. The van der Waals surface area contributed by atoms with E-state index in [-0.39, 0.29) is 108 Å². The van der Waals surface area contributed by atoms with Crippen molar-refractivity contribution in [2.24, 2.45) is 23.7 Å². The van der Waals surface area contributed by atoms with E-state index < -0.39 is 22.7 Å². The normalized spacial score (nSPS) is 24.6. The van der Waals surface area contributed by atoms with Crippen molar-refractivity contribution in [2.45, 2.75) is 167 Å². The van der Waals surface area contributed by atoms with Crippen LogP contribution in [-0.4, -0.2) is 118 Å². The zero-order chi connectivity index (χ0) is 55.3. The van der Waals surface area contributed by atoms with Gasteiger partial charge in [-0.15, -0.1) is 0 Å². The number of fused-ring (bicyclic) bond motifs is 2. The molecule has 0 radical (unpaired) electrons. The lowest BCUT2D eigenvalue weighted by molar-refractivity contribution is -0.119. The number of carbonyl (C=O) groups excluding carboxylic acids is 5. The molecule has 0 aromatic heterocycles. The SMILES string of the molecule is C[C@@H]1C(CCc2ccccc2)[C@H](C=O)O[C@@H]1CC(CN1C(=O)c2ccccc2C1=O)O[Si](C)(C)C(C)(C)C.C[C@@H]1C(CCc2ccccc2)[C@H](CO)O[C@@H]1CC(CN1C(=O)c2ccccc2C1=O)O[Si](C)(C)C(C)(C)C. The van der Waals surface area contributed by atoms with E-state index >= 15 is 0 Å². The summed E-state index contributed by atoms with van der Waals surface area (Å²) in [4.78, 5) is 67.3. The zero-order valence-electron chi connectivity index (χ0n) is 47.1. The van der Waals surface area contributed by atoms with E-state index in [9.17, 15) is 29.1 Å². The number of aliphatic hydroxyl groups excluding tert-OH is 1. The van der Waals surface area contributed by atoms with Crippen molar-refractivity contribution in [1.29, 1.82) is 0 Å². The third kappa shape index (κ3) is 13.3. The fourth-order valence-corrected chi connectivity index (χ4v) is 13.7. The van der Waals surface area contributed by atoms with Gasteiger partial charge >= 0.3 is 0 Å². The van der Waals surface area contributed by atoms with Crippen molar-refractivity contribution in [3.05, 3.63) is 143 Å². The maximum absolute atomic E-state index is 13.2. The predicted molar refractivity (Wildman–Crippen MR) is 302 cm³/mol. The van der Waals surface area contributed by atoms with Crippen LogP contribution in [0.5, 0.6) is 0 Å². The van der Waals surface area contributed by atoms with Crippen LogP contribution in [0, 0.1) is 23.7 Å². The molecular weight excluding hydrogens is 989 g/mol. The van der Waals surface area contributed by atoms with Crippen LogP contribution in [0.1, 0.15) is 134 Å². The van der Waals surface area contributed by atoms with E-state index in [4.69, 9.17) is 18.3 Å². The van der Waals surface area contributed by atoms with Crippen molar-refractivity contribution in [3.8, 4) is 0 Å². The Balaban J connectivity index is 0.000000221. The summed E-state index contributed by atoms with van der Waals surface area (Å²) in [6.07, 6.45) is 3.87. The summed E-state index contributed by atoms with van der Waals surface area (Å²) in [6.45, 7) is 26.5. The Kier molecular flexibility index (Phi) is 18.8. The van der Waals surface area contributed by atoms with Gasteiger partial charge in [0.1, 0.15) is 12.4 Å². The van der Waals surface area contributed by atoms with Gasteiger partial charge in [0.2, 0.25) is 0 Å². The number of benzene rings is 4. The molecule has 4 amide bonds. The molecule has 0 spiro atoms. The van der Waals surface area contributed by atoms with Gasteiger partial charge in [0.15, 0.2) is 16.6 Å². The third-order valence-corrected chi connectivity index (χ3v) is 26.8. The molecule has 4 aromatic rings. The lowest BCUT2D eigenvalue weighted by atomic mass is 9.83. The highest BCUT2D eigenvalue weighted by Gasteiger charge is 2.48. The number of carbonyl (C=O) groups is 5. The molecule has 4 heterocycles. The van der Waals surface area contributed by atoms with Gasteiger partial charge in [0.25, 0.3) is 23.6 Å². The van der Waals surface area contributed by atoms with E-state index in [0.29, 0.717) is 35.1 Å². The van der Waals surface area contributed by atoms with Gasteiger partial charge < -0.3 is 28.2 Å². The predicted octanol–water partition coefficient (Wildman–Crippen LogP) is 11.6. The summed E-state index contributed by atoms with van der Waals surface area (Å²) in [5.74, 6) is -0.399. The van der Waals surface area contributed by atoms with E-state index in [2.05, 4.69) is 118 Å². The van der Waals surface area contributed by atoms with Crippen LogP contribution >= 0.6 is 0 Å². The first kappa shape index (κ1) is 58.7. The molecule has 4 aliphatic rings. The van der Waals surface area contributed by atoms with Crippen LogP contribution in [0.4, 0.5) is 0 Å². The molecule has 2 fully saturated rings. The van der Waals surface area contributed by atoms with Crippen LogP contribution in [0.15, 0.2) is 109 Å². The maximum atomic E-state index is 13.2. The smallest absolute Gasteiger partial charge is 0.261 e. The maximum Gasteiger partial charge on any atom is 0.261 e. The van der Waals surface area contributed by atoms with Gasteiger partial charge in [0.05, 0.1) is 72.5 Å². The van der Waals surface area contributed by atoms with Crippen LogP contribution in [-0.2, 0) is 36.0 Å². The Bertz CT molecular complexity index is 2580. The number of imide groups is 2. The summed E-state index contributed by atoms with van der Waals surface area (Å²) in [5, 5.41) is 10.1. The molecule has 410 valence electrons. The minimum atomic E-state index is -2.23. The van der Waals surface area contributed by atoms with Crippen LogP contribution in [0.25, 0.3) is 0 Å². The number of aliphatic hydroxyl groups is 1. The Morgan fingerprint density at radius 3 is 1.24 bits per heavy atom. The molecular formula is C62H84N2O10Si2. The van der Waals surface area contributed by atoms with Gasteiger partial charge in [-0.2, -0.15) is 0 Å². The number of rotatable bonds is 20. The molecule has 8 rings (SSSR count). The molecule has 1 N–H and O–H groups in total. The molecule has 14 heteroatoms. The summed E-state index contributed by atoms with van der Waals surface area (Å²) < 4.78 is 26.4. The quantitative estimate of drug-likeness (QED) is 0.0515. The number of aryl methyl sites for hydroxylation is 2. The molecule has 4 aromatic carbocycles. The summed E-state index contributed by atoms with van der Waals surface area (Å²) >= 11 is 0. The Morgan fingerprint density at radius 1 is 0.539 bits per heavy atom. The Hall–Kier alpha value is -4.94. The molecule has 0 saturated carbocycles. The highest BCUT2D eigenvalue weighted by Crippen LogP contribution is 2.43. The number of nitrogens with zero attached hydrogens (tertiary/aromatic N) is 2. The second-order valence-electron chi connectivity index (χ2n) is 24.8. The number of amides is 4. The molecule has 10 atom stereocenters. The molecule has 2 saturated heterocycles. The zero-order valence-corrected chi connectivity index (χ0v) is 49.1. The topological polar surface area (TPSA) is 149 Å². The lowest BCUT2D eigenvalue weighted by Gasteiger charge is -2.40. The van der Waals surface area contributed by atoms with Crippen molar-refractivity contribution in [2.75, 3.05) is 19.7 Å². The molecule has 76 heavy (non-hydrogen) atoms. The van der Waals surface area contributed by atoms with Crippen LogP contribution in [0.3, 0.4) is 0 Å².